The van der Waals surface area contributed by atoms with Gasteiger partial charge in [-0.25, -0.2) is 0 Å². The van der Waals surface area contributed by atoms with Gasteiger partial charge in [0.2, 0.25) is 5.91 Å². The molecule has 4 nitrogen and oxygen atoms in total. The Hall–Kier alpha value is -0.610. The third-order valence-corrected chi connectivity index (χ3v) is 1.60. The van der Waals surface area contributed by atoms with Crippen molar-refractivity contribution < 1.29 is 4.79 Å². The zero-order valence-electron chi connectivity index (χ0n) is 6.13. The third kappa shape index (κ3) is 1.68. The molecule has 10 heavy (non-hydrogen) atoms. The number of carbonyl (C=O) groups excluding carboxylic acids is 1. The van der Waals surface area contributed by atoms with Crippen LogP contribution < -0.4 is 11.1 Å². The summed E-state index contributed by atoms with van der Waals surface area (Å²) < 4.78 is 0. The van der Waals surface area contributed by atoms with Crippen molar-refractivity contribution in [1.82, 2.24) is 10.2 Å². The fourth-order valence-electron chi connectivity index (χ4n) is 1.14. The van der Waals surface area contributed by atoms with E-state index in [-0.39, 0.29) is 11.9 Å². The second-order valence-corrected chi connectivity index (χ2v) is 2.70. The van der Waals surface area contributed by atoms with Crippen LogP contribution in [-0.4, -0.2) is 43.5 Å². The molecule has 1 unspecified atom stereocenters. The topological polar surface area (TPSA) is 58.4 Å². The number of hydrogen-bond acceptors (Lipinski definition) is 3. The van der Waals surface area contributed by atoms with Crippen molar-refractivity contribution in [3.8, 4) is 0 Å². The first-order chi connectivity index (χ1) is 4.72. The molecular weight excluding hydrogens is 130 g/mol. The molecule has 0 radical (unpaired) electrons. The molecule has 1 aliphatic rings. The number of carbonyl (C=O) groups is 1. The summed E-state index contributed by atoms with van der Waals surface area (Å²) in [5.41, 5.74) is 5.39. The average molecular weight is 143 g/mol. The van der Waals surface area contributed by atoms with Gasteiger partial charge >= 0.3 is 0 Å². The van der Waals surface area contributed by atoms with E-state index < -0.39 is 0 Å². The van der Waals surface area contributed by atoms with Crippen molar-refractivity contribution in [3.63, 3.8) is 0 Å². The van der Waals surface area contributed by atoms with Gasteiger partial charge in [0.05, 0.1) is 12.6 Å². The van der Waals surface area contributed by atoms with Crippen LogP contribution in [0.1, 0.15) is 0 Å². The van der Waals surface area contributed by atoms with Gasteiger partial charge in [0.25, 0.3) is 0 Å². The molecule has 0 aromatic rings. The molecule has 3 N–H and O–H groups in total. The minimum Gasteiger partial charge on any atom is -0.350 e. The number of piperazine rings is 1. The van der Waals surface area contributed by atoms with Gasteiger partial charge in [-0.2, -0.15) is 0 Å². The SMILES string of the molecule is CN1CC(=O)NC(CN)C1. The number of hydrogen-bond donors (Lipinski definition) is 2. The fourth-order valence-corrected chi connectivity index (χ4v) is 1.14. The number of nitrogens with one attached hydrogen (secondary N) is 1. The van der Waals surface area contributed by atoms with Crippen LogP contribution in [0.3, 0.4) is 0 Å². The van der Waals surface area contributed by atoms with Crippen molar-refractivity contribution in [2.24, 2.45) is 5.73 Å². The Bertz CT molecular complexity index is 137. The normalized spacial score (nSPS) is 28.2. The predicted molar refractivity (Wildman–Crippen MR) is 38.5 cm³/mol. The highest BCUT2D eigenvalue weighted by Gasteiger charge is 2.19. The minimum atomic E-state index is 0.0733. The van der Waals surface area contributed by atoms with E-state index in [2.05, 4.69) is 5.32 Å². The summed E-state index contributed by atoms with van der Waals surface area (Å²) in [4.78, 5) is 12.8. The first-order valence-electron chi connectivity index (χ1n) is 3.40. The Balaban J connectivity index is 2.42. The van der Waals surface area contributed by atoms with Crippen LogP contribution in [0.15, 0.2) is 0 Å². The van der Waals surface area contributed by atoms with Crippen LogP contribution in [0.5, 0.6) is 0 Å². The molecule has 0 bridgehead atoms. The molecule has 4 heteroatoms. The molecular formula is C6H13N3O. The molecule has 1 aliphatic heterocycles. The average Bonchev–Trinajstić information content (AvgIpc) is 1.85. The van der Waals surface area contributed by atoms with E-state index in [1.165, 1.54) is 0 Å². The van der Waals surface area contributed by atoms with Crippen LogP contribution in [-0.2, 0) is 4.79 Å². The zero-order chi connectivity index (χ0) is 7.56. The van der Waals surface area contributed by atoms with Gasteiger partial charge < -0.3 is 11.1 Å². The van der Waals surface area contributed by atoms with Crippen LogP contribution in [0.2, 0.25) is 0 Å². The first kappa shape index (κ1) is 7.50. The Morgan fingerprint density at radius 3 is 3.10 bits per heavy atom. The van der Waals surface area contributed by atoms with Crippen LogP contribution in [0.4, 0.5) is 0 Å². The van der Waals surface area contributed by atoms with Gasteiger partial charge in [-0.05, 0) is 7.05 Å². The number of nitrogens with zero attached hydrogens (tertiary/aromatic N) is 1. The molecule has 0 saturated carbocycles. The minimum absolute atomic E-state index is 0.0733. The molecule has 1 rings (SSSR count). The molecule has 0 aromatic carbocycles. The highest BCUT2D eigenvalue weighted by molar-refractivity contribution is 5.79. The number of nitrogens with two attached hydrogens (primary N) is 1. The Labute approximate surface area is 60.4 Å². The highest BCUT2D eigenvalue weighted by atomic mass is 16.2. The zero-order valence-corrected chi connectivity index (χ0v) is 6.13. The van der Waals surface area contributed by atoms with Crippen molar-refractivity contribution in [1.29, 1.82) is 0 Å². The molecule has 1 fully saturated rings. The Kier molecular flexibility index (Phi) is 2.24. The highest BCUT2D eigenvalue weighted by Crippen LogP contribution is 1.94. The van der Waals surface area contributed by atoms with Gasteiger partial charge in [0.15, 0.2) is 0 Å². The number of amides is 1. The molecule has 1 saturated heterocycles. The summed E-state index contributed by atoms with van der Waals surface area (Å²) in [5.74, 6) is 0.0733. The van der Waals surface area contributed by atoms with E-state index in [0.717, 1.165) is 6.54 Å². The summed E-state index contributed by atoms with van der Waals surface area (Å²) in [6.07, 6.45) is 0. The second kappa shape index (κ2) is 2.98. The first-order valence-corrected chi connectivity index (χ1v) is 3.40. The lowest BCUT2D eigenvalue weighted by atomic mass is 10.2. The van der Waals surface area contributed by atoms with Gasteiger partial charge in [-0.1, -0.05) is 0 Å². The maximum Gasteiger partial charge on any atom is 0.234 e. The van der Waals surface area contributed by atoms with Crippen molar-refractivity contribution in [2.75, 3.05) is 26.7 Å². The fraction of sp³-hybridized carbons (Fsp3) is 0.833. The molecule has 58 valence electrons. The van der Waals surface area contributed by atoms with E-state index in [1.54, 1.807) is 0 Å². The molecule has 0 aliphatic carbocycles. The van der Waals surface area contributed by atoms with Crippen molar-refractivity contribution in [2.45, 2.75) is 6.04 Å². The van der Waals surface area contributed by atoms with E-state index >= 15 is 0 Å². The van der Waals surface area contributed by atoms with E-state index in [0.29, 0.717) is 13.1 Å². The molecule has 0 spiro atoms. The van der Waals surface area contributed by atoms with Crippen LogP contribution in [0.25, 0.3) is 0 Å². The van der Waals surface area contributed by atoms with Crippen molar-refractivity contribution in [3.05, 3.63) is 0 Å². The maximum absolute atomic E-state index is 10.8. The Morgan fingerprint density at radius 1 is 1.90 bits per heavy atom. The molecule has 1 heterocycles. The lowest BCUT2D eigenvalue weighted by molar-refractivity contribution is -0.124. The van der Waals surface area contributed by atoms with Gasteiger partial charge in [0, 0.05) is 13.1 Å². The molecule has 1 atom stereocenters. The number of rotatable bonds is 1. The number of likely N-dealkylation sites (N-methyl/N-ethyl adjacent to an activating group) is 1. The van der Waals surface area contributed by atoms with Crippen molar-refractivity contribution >= 4 is 5.91 Å². The molecule has 0 aromatic heterocycles. The van der Waals surface area contributed by atoms with Gasteiger partial charge in [-0.15, -0.1) is 0 Å². The summed E-state index contributed by atoms with van der Waals surface area (Å²) in [7, 11) is 1.92. The quantitative estimate of drug-likeness (QED) is 0.463. The van der Waals surface area contributed by atoms with E-state index in [9.17, 15) is 4.79 Å². The summed E-state index contributed by atoms with van der Waals surface area (Å²) >= 11 is 0. The third-order valence-electron chi connectivity index (χ3n) is 1.60. The van der Waals surface area contributed by atoms with Gasteiger partial charge in [0.1, 0.15) is 0 Å². The van der Waals surface area contributed by atoms with Gasteiger partial charge in [-0.3, -0.25) is 9.69 Å². The maximum atomic E-state index is 10.8. The Morgan fingerprint density at radius 2 is 2.60 bits per heavy atom. The smallest absolute Gasteiger partial charge is 0.234 e. The second-order valence-electron chi connectivity index (χ2n) is 2.70. The van der Waals surface area contributed by atoms with Crippen LogP contribution in [0, 0.1) is 0 Å². The largest absolute Gasteiger partial charge is 0.350 e. The lowest BCUT2D eigenvalue weighted by Crippen LogP contribution is -2.55. The monoisotopic (exact) mass is 143 g/mol. The summed E-state index contributed by atoms with van der Waals surface area (Å²) in [6, 6.07) is 0.145. The van der Waals surface area contributed by atoms with E-state index in [1.807, 2.05) is 11.9 Å². The predicted octanol–water partition coefficient (Wildman–Crippen LogP) is -1.62. The summed E-state index contributed by atoms with van der Waals surface area (Å²) in [5, 5.41) is 2.79. The molecule has 1 amide bonds. The van der Waals surface area contributed by atoms with E-state index in [4.69, 9.17) is 5.73 Å². The lowest BCUT2D eigenvalue weighted by Gasteiger charge is -2.29. The van der Waals surface area contributed by atoms with Crippen LogP contribution >= 0.6 is 0 Å². The standard InChI is InChI=1S/C6H13N3O/c1-9-3-5(2-7)8-6(10)4-9/h5H,2-4,7H2,1H3,(H,8,10). The summed E-state index contributed by atoms with van der Waals surface area (Å²) in [6.45, 7) is 1.88.